The predicted molar refractivity (Wildman–Crippen MR) is 65.2 cm³/mol. The van der Waals surface area contributed by atoms with Crippen molar-refractivity contribution in [2.45, 2.75) is 26.3 Å². The number of nitro groups is 1. The van der Waals surface area contributed by atoms with Crippen molar-refractivity contribution in [3.8, 4) is 0 Å². The van der Waals surface area contributed by atoms with E-state index in [-0.39, 0.29) is 31.9 Å². The summed E-state index contributed by atoms with van der Waals surface area (Å²) < 4.78 is 1.36. The van der Waals surface area contributed by atoms with E-state index < -0.39 is 16.9 Å². The van der Waals surface area contributed by atoms with E-state index in [0.29, 0.717) is 5.69 Å². The molecule has 0 bridgehead atoms. The molecule has 0 unspecified atom stereocenters. The molecule has 0 aromatic carbocycles. The number of aromatic nitrogens is 2. The van der Waals surface area contributed by atoms with Crippen LogP contribution in [0, 0.1) is 17.0 Å². The molecular weight excluding hydrogens is 274 g/mol. The summed E-state index contributed by atoms with van der Waals surface area (Å²) in [6.45, 7) is 1.79. The minimum Gasteiger partial charge on any atom is -0.481 e. The Morgan fingerprint density at radius 3 is 2.20 bits per heavy atom. The number of rotatable bonds is 6. The monoisotopic (exact) mass is 289 g/mol. The van der Waals surface area contributed by atoms with Crippen LogP contribution in [0.2, 0.25) is 0 Å². The van der Waals surface area contributed by atoms with E-state index in [2.05, 4.69) is 4.98 Å². The zero-order valence-corrected chi connectivity index (χ0v) is 10.7. The van der Waals surface area contributed by atoms with Gasteiger partial charge in [-0.1, -0.05) is 4.98 Å². The molecule has 3 N–H and O–H groups in total. The van der Waals surface area contributed by atoms with Gasteiger partial charge < -0.3 is 25.4 Å². The Balaban J connectivity index is 0.000000396. The van der Waals surface area contributed by atoms with Crippen LogP contribution >= 0.6 is 0 Å². The molecule has 0 aliphatic rings. The van der Waals surface area contributed by atoms with Crippen LogP contribution in [0.4, 0.5) is 5.95 Å². The number of imidazole rings is 1. The standard InChI is InChI=1S/C6H9N3O3.C4H6O4/c1-5-4-7-6(9(11)12)8(5)2-3-10;5-3(6)1-2-4(7)8/h4,10H,2-3H2,1H3;1-2H2,(H,5,6)(H,7,8). The topological polar surface area (TPSA) is 156 Å². The van der Waals surface area contributed by atoms with Crippen LogP contribution in [0.1, 0.15) is 18.5 Å². The van der Waals surface area contributed by atoms with Crippen molar-refractivity contribution in [3.05, 3.63) is 22.0 Å². The number of aliphatic hydroxyl groups excluding tert-OH is 1. The maximum absolute atomic E-state index is 10.4. The van der Waals surface area contributed by atoms with Crippen LogP contribution in [0.25, 0.3) is 0 Å². The summed E-state index contributed by atoms with van der Waals surface area (Å²) in [5.74, 6) is -2.37. The number of carboxylic acid groups (broad SMARTS) is 2. The van der Waals surface area contributed by atoms with Crippen LogP contribution in [0.5, 0.6) is 0 Å². The lowest BCUT2D eigenvalue weighted by atomic mass is 10.3. The normalized spacial score (nSPS) is 9.50. The zero-order valence-electron chi connectivity index (χ0n) is 10.7. The molecule has 0 saturated heterocycles. The molecule has 0 aliphatic heterocycles. The van der Waals surface area contributed by atoms with E-state index in [1.165, 1.54) is 10.8 Å². The van der Waals surface area contributed by atoms with Gasteiger partial charge in [0.05, 0.1) is 26.0 Å². The predicted octanol–water partition coefficient (Wildman–Crippen LogP) is 0.0278. The molecule has 1 heterocycles. The van der Waals surface area contributed by atoms with Crippen LogP contribution in [-0.2, 0) is 16.1 Å². The Kier molecular flexibility index (Phi) is 7.52. The summed E-state index contributed by atoms with van der Waals surface area (Å²) in [6, 6.07) is 0. The first-order chi connectivity index (χ1) is 9.29. The molecule has 0 atom stereocenters. The lowest BCUT2D eigenvalue weighted by Gasteiger charge is -1.99. The molecule has 0 fully saturated rings. The molecule has 1 rings (SSSR count). The number of nitrogens with zero attached hydrogens (tertiary/aromatic N) is 3. The molecule has 0 aliphatic carbocycles. The Labute approximate surface area is 113 Å². The highest BCUT2D eigenvalue weighted by atomic mass is 16.6. The van der Waals surface area contributed by atoms with Gasteiger partial charge in [-0.3, -0.25) is 9.59 Å². The van der Waals surface area contributed by atoms with Crippen LogP contribution < -0.4 is 0 Å². The van der Waals surface area contributed by atoms with Crippen LogP contribution in [-0.4, -0.2) is 48.3 Å². The Hall–Kier alpha value is -2.49. The second-order valence-electron chi connectivity index (χ2n) is 3.62. The summed E-state index contributed by atoms with van der Waals surface area (Å²) >= 11 is 0. The Morgan fingerprint density at radius 1 is 1.35 bits per heavy atom. The van der Waals surface area contributed by atoms with Crippen molar-refractivity contribution in [3.63, 3.8) is 0 Å². The fraction of sp³-hybridized carbons (Fsp3) is 0.500. The van der Waals surface area contributed by atoms with Gasteiger partial charge in [-0.2, -0.15) is 0 Å². The average Bonchev–Trinajstić information content (AvgIpc) is 2.70. The second-order valence-corrected chi connectivity index (χ2v) is 3.62. The van der Waals surface area contributed by atoms with Crippen molar-refractivity contribution < 1.29 is 29.8 Å². The summed E-state index contributed by atoms with van der Waals surface area (Å²) in [5, 5.41) is 34.7. The molecule has 10 heteroatoms. The fourth-order valence-electron chi connectivity index (χ4n) is 1.18. The van der Waals surface area contributed by atoms with Crippen molar-refractivity contribution in [1.29, 1.82) is 0 Å². The largest absolute Gasteiger partial charge is 0.481 e. The number of aliphatic carboxylic acids is 2. The molecule has 0 amide bonds. The minimum atomic E-state index is -1.08. The third-order valence-corrected chi connectivity index (χ3v) is 2.07. The third-order valence-electron chi connectivity index (χ3n) is 2.07. The average molecular weight is 289 g/mol. The second kappa shape index (κ2) is 8.58. The lowest BCUT2D eigenvalue weighted by molar-refractivity contribution is -0.396. The Bertz CT molecular complexity index is 469. The summed E-state index contributed by atoms with van der Waals surface area (Å²) in [4.78, 5) is 32.7. The van der Waals surface area contributed by atoms with Crippen molar-refractivity contribution >= 4 is 17.9 Å². The van der Waals surface area contributed by atoms with Gasteiger partial charge in [0.25, 0.3) is 0 Å². The molecule has 1 aromatic heterocycles. The van der Waals surface area contributed by atoms with Gasteiger partial charge >= 0.3 is 17.9 Å². The molecule has 0 spiro atoms. The fourth-order valence-corrected chi connectivity index (χ4v) is 1.18. The number of carboxylic acids is 2. The number of hydrogen-bond acceptors (Lipinski definition) is 6. The Morgan fingerprint density at radius 2 is 1.85 bits per heavy atom. The highest BCUT2D eigenvalue weighted by Crippen LogP contribution is 2.11. The lowest BCUT2D eigenvalue weighted by Crippen LogP contribution is -2.07. The summed E-state index contributed by atoms with van der Waals surface area (Å²) in [5.41, 5.74) is 0.677. The van der Waals surface area contributed by atoms with Gasteiger partial charge in [-0.15, -0.1) is 0 Å². The molecule has 10 nitrogen and oxygen atoms in total. The number of carbonyl (C=O) groups is 2. The van der Waals surface area contributed by atoms with Gasteiger partial charge in [-0.25, -0.2) is 4.57 Å². The quantitative estimate of drug-likeness (QED) is 0.489. The summed E-state index contributed by atoms with van der Waals surface area (Å²) in [6.07, 6.45) is 0.818. The maximum atomic E-state index is 10.4. The van der Waals surface area contributed by atoms with E-state index in [0.717, 1.165) is 0 Å². The van der Waals surface area contributed by atoms with Crippen molar-refractivity contribution in [1.82, 2.24) is 9.55 Å². The molecular formula is C10H15N3O7. The molecule has 20 heavy (non-hydrogen) atoms. The highest BCUT2D eigenvalue weighted by molar-refractivity contribution is 5.75. The summed E-state index contributed by atoms with van der Waals surface area (Å²) in [7, 11) is 0. The number of hydrogen-bond donors (Lipinski definition) is 3. The zero-order chi connectivity index (χ0) is 15.7. The smallest absolute Gasteiger partial charge is 0.434 e. The van der Waals surface area contributed by atoms with E-state index in [1.807, 2.05) is 0 Å². The van der Waals surface area contributed by atoms with Gasteiger partial charge in [0, 0.05) is 0 Å². The van der Waals surface area contributed by atoms with Crippen LogP contribution in [0.15, 0.2) is 6.20 Å². The minimum absolute atomic E-state index is 0.127. The first-order valence-corrected chi connectivity index (χ1v) is 5.50. The highest BCUT2D eigenvalue weighted by Gasteiger charge is 2.16. The molecule has 112 valence electrons. The van der Waals surface area contributed by atoms with Crippen molar-refractivity contribution in [2.75, 3.05) is 6.61 Å². The van der Waals surface area contributed by atoms with Gasteiger partial charge in [0.15, 0.2) is 0 Å². The first-order valence-electron chi connectivity index (χ1n) is 5.50. The number of aryl methyl sites for hydroxylation is 1. The van der Waals surface area contributed by atoms with Gasteiger partial charge in [0.2, 0.25) is 0 Å². The molecule has 1 aromatic rings. The van der Waals surface area contributed by atoms with Gasteiger partial charge in [0.1, 0.15) is 11.9 Å². The third kappa shape index (κ3) is 6.44. The van der Waals surface area contributed by atoms with E-state index in [1.54, 1.807) is 6.92 Å². The first kappa shape index (κ1) is 17.5. The van der Waals surface area contributed by atoms with E-state index in [9.17, 15) is 19.7 Å². The molecule has 0 saturated carbocycles. The van der Waals surface area contributed by atoms with Crippen LogP contribution in [0.3, 0.4) is 0 Å². The maximum Gasteiger partial charge on any atom is 0.434 e. The van der Waals surface area contributed by atoms with Crippen molar-refractivity contribution in [2.24, 2.45) is 0 Å². The number of aliphatic hydroxyl groups is 1. The van der Waals surface area contributed by atoms with E-state index >= 15 is 0 Å². The SMILES string of the molecule is Cc1cnc([N+](=O)[O-])n1CCO.O=C(O)CCC(=O)O. The van der Waals surface area contributed by atoms with Gasteiger partial charge in [-0.05, 0) is 11.8 Å². The molecule has 0 radical (unpaired) electrons. The van der Waals surface area contributed by atoms with E-state index in [4.69, 9.17) is 15.3 Å².